The molecule has 3 heterocycles. The Morgan fingerprint density at radius 2 is 1.86 bits per heavy atom. The van der Waals surface area contributed by atoms with Crippen molar-refractivity contribution in [1.82, 2.24) is 14.3 Å². The highest BCUT2D eigenvalue weighted by Gasteiger charge is 2.19. The second-order valence-corrected chi connectivity index (χ2v) is 9.48. The van der Waals surface area contributed by atoms with Crippen LogP contribution < -0.4 is 5.32 Å². The van der Waals surface area contributed by atoms with Gasteiger partial charge in [-0.05, 0) is 47.8 Å². The number of benzene rings is 3. The SMILES string of the molecule is O=C(O)c1ccccc1Nc1c(SN2CCOCC2)cnc2ccc(-c3cccc4ncoc34)cc12. The zero-order chi connectivity index (χ0) is 24.5. The smallest absolute Gasteiger partial charge is 0.337 e. The molecule has 1 fully saturated rings. The summed E-state index contributed by atoms with van der Waals surface area (Å²) >= 11 is 1.60. The minimum absolute atomic E-state index is 0.201. The third-order valence-corrected chi connectivity index (χ3v) is 7.24. The van der Waals surface area contributed by atoms with Crippen LogP contribution in [0.3, 0.4) is 0 Å². The summed E-state index contributed by atoms with van der Waals surface area (Å²) in [6.45, 7) is 2.93. The molecule has 0 saturated carbocycles. The first kappa shape index (κ1) is 22.5. The van der Waals surface area contributed by atoms with Crippen LogP contribution in [0.1, 0.15) is 10.4 Å². The first-order chi connectivity index (χ1) is 17.7. The van der Waals surface area contributed by atoms with Crippen LogP contribution >= 0.6 is 11.9 Å². The Bertz CT molecular complexity index is 1580. The molecule has 2 aromatic heterocycles. The van der Waals surface area contributed by atoms with Crippen molar-refractivity contribution in [2.24, 2.45) is 0 Å². The number of anilines is 2. The lowest BCUT2D eigenvalue weighted by molar-refractivity contribution is 0.0698. The minimum atomic E-state index is -0.989. The van der Waals surface area contributed by atoms with E-state index in [1.807, 2.05) is 42.6 Å². The summed E-state index contributed by atoms with van der Waals surface area (Å²) in [5, 5.41) is 14.1. The van der Waals surface area contributed by atoms with E-state index in [-0.39, 0.29) is 5.56 Å². The number of morpholine rings is 1. The number of aromatic nitrogens is 2. The molecule has 1 saturated heterocycles. The van der Waals surface area contributed by atoms with Gasteiger partial charge in [0.2, 0.25) is 0 Å². The number of carbonyl (C=O) groups is 1. The number of ether oxygens (including phenoxy) is 1. The highest BCUT2D eigenvalue weighted by molar-refractivity contribution is 7.97. The third-order valence-electron chi connectivity index (χ3n) is 6.12. The Kier molecular flexibility index (Phi) is 6.02. The van der Waals surface area contributed by atoms with Crippen LogP contribution in [0, 0.1) is 0 Å². The van der Waals surface area contributed by atoms with Gasteiger partial charge in [0.15, 0.2) is 12.0 Å². The Morgan fingerprint density at radius 1 is 1.00 bits per heavy atom. The summed E-state index contributed by atoms with van der Waals surface area (Å²) in [6, 6.07) is 18.8. The normalized spacial score (nSPS) is 14.3. The van der Waals surface area contributed by atoms with E-state index in [9.17, 15) is 9.90 Å². The van der Waals surface area contributed by atoms with Gasteiger partial charge in [-0.3, -0.25) is 4.98 Å². The summed E-state index contributed by atoms with van der Waals surface area (Å²) in [5.74, 6) is -0.989. The van der Waals surface area contributed by atoms with Gasteiger partial charge in [-0.1, -0.05) is 30.3 Å². The molecule has 5 aromatic rings. The summed E-state index contributed by atoms with van der Waals surface area (Å²) in [4.78, 5) is 21.8. The predicted octanol–water partition coefficient (Wildman–Crippen LogP) is 5.82. The number of pyridine rings is 1. The van der Waals surface area contributed by atoms with Crippen molar-refractivity contribution in [2.45, 2.75) is 4.90 Å². The highest BCUT2D eigenvalue weighted by Crippen LogP contribution is 2.40. The van der Waals surface area contributed by atoms with Crippen molar-refractivity contribution in [3.8, 4) is 11.1 Å². The largest absolute Gasteiger partial charge is 0.478 e. The summed E-state index contributed by atoms with van der Waals surface area (Å²) in [5.41, 5.74) is 5.70. The topological polar surface area (TPSA) is 101 Å². The van der Waals surface area contributed by atoms with Crippen molar-refractivity contribution in [3.63, 3.8) is 0 Å². The number of carboxylic acids is 1. The second-order valence-electron chi connectivity index (χ2n) is 8.34. The molecule has 36 heavy (non-hydrogen) atoms. The average molecular weight is 499 g/mol. The molecule has 1 aliphatic heterocycles. The summed E-state index contributed by atoms with van der Waals surface area (Å²) < 4.78 is 13.4. The Labute approximate surface area is 211 Å². The molecule has 0 aliphatic carbocycles. The molecule has 0 bridgehead atoms. The zero-order valence-corrected chi connectivity index (χ0v) is 20.0. The van der Waals surface area contributed by atoms with Crippen molar-refractivity contribution in [1.29, 1.82) is 0 Å². The van der Waals surface area contributed by atoms with Gasteiger partial charge >= 0.3 is 5.97 Å². The number of oxazole rings is 1. The molecule has 6 rings (SSSR count). The molecular weight excluding hydrogens is 476 g/mol. The molecular formula is C27H22N4O4S. The van der Waals surface area contributed by atoms with Crippen LogP contribution in [0.5, 0.6) is 0 Å². The molecule has 180 valence electrons. The van der Waals surface area contributed by atoms with Gasteiger partial charge in [0.25, 0.3) is 0 Å². The maximum atomic E-state index is 11.9. The lowest BCUT2D eigenvalue weighted by Crippen LogP contribution is -2.31. The molecule has 8 nitrogen and oxygen atoms in total. The fourth-order valence-electron chi connectivity index (χ4n) is 4.34. The molecule has 0 amide bonds. The Balaban J connectivity index is 1.52. The lowest BCUT2D eigenvalue weighted by Gasteiger charge is -2.26. The second kappa shape index (κ2) is 9.62. The van der Waals surface area contributed by atoms with Crippen molar-refractivity contribution >= 4 is 51.3 Å². The van der Waals surface area contributed by atoms with Gasteiger partial charge in [-0.15, -0.1) is 0 Å². The number of hydrogen-bond donors (Lipinski definition) is 2. The Hall–Kier alpha value is -3.92. The molecule has 9 heteroatoms. The number of aromatic carboxylic acids is 1. The molecule has 0 atom stereocenters. The van der Waals surface area contributed by atoms with Gasteiger partial charge in [0.1, 0.15) is 5.52 Å². The molecule has 3 aromatic carbocycles. The van der Waals surface area contributed by atoms with Crippen LogP contribution in [0.15, 0.2) is 82.6 Å². The fourth-order valence-corrected chi connectivity index (χ4v) is 5.31. The standard InChI is InChI=1S/C27H22N4O4S/c32-27(33)19-4-1-2-6-22(19)30-25-20-14-17(18-5-3-7-23-26(18)35-16-29-23)8-9-21(20)28-15-24(25)36-31-10-12-34-13-11-31/h1-9,14-16H,10-13H2,(H,28,30)(H,32,33). The third kappa shape index (κ3) is 4.28. The van der Waals surface area contributed by atoms with Gasteiger partial charge in [0, 0.05) is 30.2 Å². The van der Waals surface area contributed by atoms with E-state index < -0.39 is 5.97 Å². The van der Waals surface area contributed by atoms with E-state index >= 15 is 0 Å². The fraction of sp³-hybridized carbons (Fsp3) is 0.148. The molecule has 1 aliphatic rings. The molecule has 2 N–H and O–H groups in total. The monoisotopic (exact) mass is 498 g/mol. The number of nitrogens with zero attached hydrogens (tertiary/aromatic N) is 3. The van der Waals surface area contributed by atoms with Gasteiger partial charge in [0.05, 0.1) is 40.6 Å². The van der Waals surface area contributed by atoms with Crippen molar-refractivity contribution in [3.05, 3.63) is 78.8 Å². The van der Waals surface area contributed by atoms with Gasteiger partial charge in [-0.2, -0.15) is 0 Å². The van der Waals surface area contributed by atoms with Crippen molar-refractivity contribution in [2.75, 3.05) is 31.6 Å². The number of hydrogen-bond acceptors (Lipinski definition) is 8. The van der Waals surface area contributed by atoms with Crippen LogP contribution in [-0.4, -0.2) is 51.7 Å². The molecule has 0 spiro atoms. The number of para-hydroxylation sites is 2. The van der Waals surface area contributed by atoms with Gasteiger partial charge < -0.3 is 19.6 Å². The van der Waals surface area contributed by atoms with E-state index in [0.717, 1.165) is 56.8 Å². The van der Waals surface area contributed by atoms with E-state index in [4.69, 9.17) is 14.1 Å². The van der Waals surface area contributed by atoms with Crippen LogP contribution in [-0.2, 0) is 4.74 Å². The lowest BCUT2D eigenvalue weighted by atomic mass is 10.0. The minimum Gasteiger partial charge on any atom is -0.478 e. The number of carboxylic acid groups (broad SMARTS) is 1. The maximum Gasteiger partial charge on any atom is 0.337 e. The first-order valence-electron chi connectivity index (χ1n) is 11.5. The summed E-state index contributed by atoms with van der Waals surface area (Å²) in [6.07, 6.45) is 3.29. The Morgan fingerprint density at radius 3 is 2.72 bits per heavy atom. The maximum absolute atomic E-state index is 11.9. The quantitative estimate of drug-likeness (QED) is 0.280. The summed E-state index contributed by atoms with van der Waals surface area (Å²) in [7, 11) is 0. The average Bonchev–Trinajstić information content (AvgIpc) is 3.40. The number of fused-ring (bicyclic) bond motifs is 2. The van der Waals surface area contributed by atoms with Crippen LogP contribution in [0.2, 0.25) is 0 Å². The van der Waals surface area contributed by atoms with E-state index in [1.54, 1.807) is 30.1 Å². The van der Waals surface area contributed by atoms with Crippen molar-refractivity contribution < 1.29 is 19.1 Å². The predicted molar refractivity (Wildman–Crippen MR) is 140 cm³/mol. The highest BCUT2D eigenvalue weighted by atomic mass is 32.2. The number of rotatable bonds is 6. The van der Waals surface area contributed by atoms with Crippen LogP contribution in [0.25, 0.3) is 33.1 Å². The van der Waals surface area contributed by atoms with E-state index in [0.29, 0.717) is 18.9 Å². The van der Waals surface area contributed by atoms with E-state index in [1.165, 1.54) is 6.39 Å². The first-order valence-corrected chi connectivity index (χ1v) is 12.3. The molecule has 0 radical (unpaired) electrons. The van der Waals surface area contributed by atoms with E-state index in [2.05, 4.69) is 20.7 Å². The van der Waals surface area contributed by atoms with Crippen LogP contribution in [0.4, 0.5) is 11.4 Å². The number of nitrogens with one attached hydrogen (secondary N) is 1. The molecule has 0 unspecified atom stereocenters. The van der Waals surface area contributed by atoms with Gasteiger partial charge in [-0.25, -0.2) is 14.1 Å². The zero-order valence-electron chi connectivity index (χ0n) is 19.2.